The Bertz CT molecular complexity index is 573. The summed E-state index contributed by atoms with van der Waals surface area (Å²) in [5.41, 5.74) is 3.67. The Balaban J connectivity index is 2.40. The smallest absolute Gasteiger partial charge is 0.127 e. The van der Waals surface area contributed by atoms with E-state index in [2.05, 4.69) is 62.5 Å². The fourth-order valence-corrected chi connectivity index (χ4v) is 2.59. The van der Waals surface area contributed by atoms with Gasteiger partial charge in [0.1, 0.15) is 5.75 Å². The van der Waals surface area contributed by atoms with E-state index in [-0.39, 0.29) is 6.10 Å². The molecule has 0 spiro atoms. The number of rotatable bonds is 6. The number of ether oxygens (including phenoxy) is 1. The van der Waals surface area contributed by atoms with E-state index in [0.717, 1.165) is 17.7 Å². The second-order valence-electron chi connectivity index (χ2n) is 5.54. The van der Waals surface area contributed by atoms with E-state index >= 15 is 0 Å². The lowest BCUT2D eigenvalue weighted by molar-refractivity contribution is 0.243. The predicted octanol–water partition coefficient (Wildman–Crippen LogP) is 4.81. The molecule has 2 aromatic carbocycles. The highest BCUT2D eigenvalue weighted by Crippen LogP contribution is 2.32. The average Bonchev–Trinajstić information content (AvgIpc) is 2.49. The lowest BCUT2D eigenvalue weighted by Crippen LogP contribution is -2.15. The zero-order valence-electron chi connectivity index (χ0n) is 13.4. The molecule has 2 aromatic rings. The quantitative estimate of drug-likeness (QED) is 0.821. The molecule has 0 aliphatic heterocycles. The van der Waals surface area contributed by atoms with Crippen LogP contribution in [-0.2, 0) is 0 Å². The van der Waals surface area contributed by atoms with Crippen LogP contribution in [0.25, 0.3) is 11.1 Å². The van der Waals surface area contributed by atoms with Crippen molar-refractivity contribution in [3.8, 4) is 16.9 Å². The van der Waals surface area contributed by atoms with Gasteiger partial charge in [0.25, 0.3) is 0 Å². The first-order chi connectivity index (χ1) is 10.2. The van der Waals surface area contributed by atoms with Crippen molar-refractivity contribution in [1.29, 1.82) is 0 Å². The normalized spacial score (nSPS) is 12.4. The third-order valence-electron chi connectivity index (χ3n) is 3.61. The molecule has 0 saturated heterocycles. The Morgan fingerprint density at radius 3 is 2.48 bits per heavy atom. The maximum Gasteiger partial charge on any atom is 0.127 e. The van der Waals surface area contributed by atoms with Gasteiger partial charge in [0.05, 0.1) is 6.10 Å². The van der Waals surface area contributed by atoms with Gasteiger partial charge in [-0.05, 0) is 50.6 Å². The highest BCUT2D eigenvalue weighted by molar-refractivity contribution is 5.71. The Kier molecular flexibility index (Phi) is 5.40. The van der Waals surface area contributed by atoms with Gasteiger partial charge in [-0.3, -0.25) is 0 Å². The molecule has 0 radical (unpaired) electrons. The van der Waals surface area contributed by atoms with E-state index in [1.54, 1.807) is 0 Å². The minimum atomic E-state index is 0.176. The molecule has 0 aliphatic carbocycles. The van der Waals surface area contributed by atoms with E-state index in [0.29, 0.717) is 6.04 Å². The van der Waals surface area contributed by atoms with Crippen LogP contribution < -0.4 is 10.1 Å². The zero-order chi connectivity index (χ0) is 15.2. The molecule has 0 amide bonds. The van der Waals surface area contributed by atoms with Crippen LogP contribution in [0.3, 0.4) is 0 Å². The van der Waals surface area contributed by atoms with Gasteiger partial charge in [-0.15, -0.1) is 0 Å². The van der Waals surface area contributed by atoms with E-state index < -0.39 is 0 Å². The molecule has 1 atom stereocenters. The highest BCUT2D eigenvalue weighted by atomic mass is 16.5. The molecule has 1 unspecified atom stereocenters. The minimum absolute atomic E-state index is 0.176. The number of hydrogen-bond donors (Lipinski definition) is 1. The first kappa shape index (κ1) is 15.6. The number of benzene rings is 2. The molecule has 2 nitrogen and oxygen atoms in total. The van der Waals surface area contributed by atoms with Crippen molar-refractivity contribution >= 4 is 0 Å². The molecule has 2 rings (SSSR count). The van der Waals surface area contributed by atoms with Crippen molar-refractivity contribution < 1.29 is 4.74 Å². The second kappa shape index (κ2) is 7.28. The molecule has 0 heterocycles. The summed E-state index contributed by atoms with van der Waals surface area (Å²) in [7, 11) is 2.01. The van der Waals surface area contributed by atoms with Gasteiger partial charge in [0.15, 0.2) is 0 Å². The third-order valence-corrected chi connectivity index (χ3v) is 3.61. The molecule has 0 fully saturated rings. The van der Waals surface area contributed by atoms with Crippen LogP contribution in [0.1, 0.15) is 38.8 Å². The number of hydrogen-bond acceptors (Lipinski definition) is 2. The van der Waals surface area contributed by atoms with Crippen molar-refractivity contribution in [1.82, 2.24) is 5.32 Å². The van der Waals surface area contributed by atoms with Crippen molar-refractivity contribution in [2.45, 2.75) is 39.3 Å². The summed E-state index contributed by atoms with van der Waals surface area (Å²) in [6.07, 6.45) is 1.25. The third kappa shape index (κ3) is 3.85. The van der Waals surface area contributed by atoms with Gasteiger partial charge < -0.3 is 10.1 Å². The van der Waals surface area contributed by atoms with Crippen LogP contribution in [0.4, 0.5) is 0 Å². The van der Waals surface area contributed by atoms with Crippen LogP contribution in [0.15, 0.2) is 48.5 Å². The summed E-state index contributed by atoms with van der Waals surface area (Å²) < 4.78 is 5.94. The first-order valence-corrected chi connectivity index (χ1v) is 7.69. The molecule has 1 N–H and O–H groups in total. The van der Waals surface area contributed by atoms with Crippen LogP contribution >= 0.6 is 0 Å². The fourth-order valence-electron chi connectivity index (χ4n) is 2.59. The Hall–Kier alpha value is -1.80. The van der Waals surface area contributed by atoms with Crippen molar-refractivity contribution in [3.63, 3.8) is 0 Å². The molecule has 2 heteroatoms. The summed E-state index contributed by atoms with van der Waals surface area (Å²) >= 11 is 0. The molecule has 0 saturated carbocycles. The average molecular weight is 283 g/mol. The predicted molar refractivity (Wildman–Crippen MR) is 89.7 cm³/mol. The Morgan fingerprint density at radius 1 is 1.05 bits per heavy atom. The van der Waals surface area contributed by atoms with Gasteiger partial charge in [0, 0.05) is 11.6 Å². The van der Waals surface area contributed by atoms with E-state index in [1.807, 2.05) is 19.2 Å². The lowest BCUT2D eigenvalue weighted by atomic mass is 9.98. The van der Waals surface area contributed by atoms with Gasteiger partial charge in [-0.25, -0.2) is 0 Å². The summed E-state index contributed by atoms with van der Waals surface area (Å²) in [5.74, 6) is 0.946. The zero-order valence-corrected chi connectivity index (χ0v) is 13.4. The first-order valence-electron chi connectivity index (χ1n) is 7.69. The molecular formula is C19H25NO. The van der Waals surface area contributed by atoms with Crippen LogP contribution in [-0.4, -0.2) is 13.2 Å². The van der Waals surface area contributed by atoms with Gasteiger partial charge in [-0.2, -0.15) is 0 Å². The monoisotopic (exact) mass is 283 g/mol. The standard InChI is InChI=1S/C19H25NO/c1-5-18(20-4)16-10-8-9-15(13-16)17-11-6-7-12-19(17)21-14(2)3/h6-14,18,20H,5H2,1-4H3. The van der Waals surface area contributed by atoms with E-state index in [9.17, 15) is 0 Å². The summed E-state index contributed by atoms with van der Waals surface area (Å²) in [6, 6.07) is 17.3. The summed E-state index contributed by atoms with van der Waals surface area (Å²) in [5, 5.41) is 3.36. The Labute approximate surface area is 128 Å². The van der Waals surface area contributed by atoms with E-state index in [4.69, 9.17) is 4.74 Å². The second-order valence-corrected chi connectivity index (χ2v) is 5.54. The van der Waals surface area contributed by atoms with Gasteiger partial charge in [-0.1, -0.05) is 43.3 Å². The fraction of sp³-hybridized carbons (Fsp3) is 0.368. The van der Waals surface area contributed by atoms with E-state index in [1.165, 1.54) is 11.1 Å². The van der Waals surface area contributed by atoms with Crippen molar-refractivity contribution in [2.75, 3.05) is 7.05 Å². The number of para-hydroxylation sites is 1. The molecule has 0 bridgehead atoms. The van der Waals surface area contributed by atoms with Crippen LogP contribution in [0, 0.1) is 0 Å². The SMILES string of the molecule is CCC(NC)c1cccc(-c2ccccc2OC(C)C)c1. The maximum atomic E-state index is 5.94. The number of nitrogens with one attached hydrogen (secondary N) is 1. The maximum absolute atomic E-state index is 5.94. The summed E-state index contributed by atoms with van der Waals surface area (Å²) in [6.45, 7) is 6.31. The molecule has 21 heavy (non-hydrogen) atoms. The molecule has 112 valence electrons. The molecule has 0 aliphatic rings. The van der Waals surface area contributed by atoms with Crippen LogP contribution in [0.5, 0.6) is 5.75 Å². The van der Waals surface area contributed by atoms with Gasteiger partial charge in [0.2, 0.25) is 0 Å². The Morgan fingerprint density at radius 2 is 1.81 bits per heavy atom. The lowest BCUT2D eigenvalue weighted by Gasteiger charge is -2.17. The largest absolute Gasteiger partial charge is 0.490 e. The van der Waals surface area contributed by atoms with Crippen LogP contribution in [0.2, 0.25) is 0 Å². The topological polar surface area (TPSA) is 21.3 Å². The highest BCUT2D eigenvalue weighted by Gasteiger charge is 2.11. The summed E-state index contributed by atoms with van der Waals surface area (Å²) in [4.78, 5) is 0. The van der Waals surface area contributed by atoms with Crippen molar-refractivity contribution in [2.24, 2.45) is 0 Å². The minimum Gasteiger partial charge on any atom is -0.490 e. The van der Waals surface area contributed by atoms with Gasteiger partial charge >= 0.3 is 0 Å². The van der Waals surface area contributed by atoms with Crippen molar-refractivity contribution in [3.05, 3.63) is 54.1 Å². The molecule has 0 aromatic heterocycles. The molecular weight excluding hydrogens is 258 g/mol.